The number of aldehydes is 1. The van der Waals surface area contributed by atoms with Crippen molar-refractivity contribution in [2.75, 3.05) is 20.1 Å². The van der Waals surface area contributed by atoms with Crippen LogP contribution in [-0.2, 0) is 17.8 Å². The highest BCUT2D eigenvalue weighted by molar-refractivity contribution is 5.53. The fourth-order valence-corrected chi connectivity index (χ4v) is 5.56. The van der Waals surface area contributed by atoms with Gasteiger partial charge in [-0.3, -0.25) is 4.90 Å². The third-order valence-electron chi connectivity index (χ3n) is 7.17. The molecule has 0 amide bonds. The first kappa shape index (κ1) is 25.5. The molecule has 0 radical (unpaired) electrons. The van der Waals surface area contributed by atoms with Crippen LogP contribution in [0.3, 0.4) is 0 Å². The number of nitrogens with zero attached hydrogens (tertiary/aromatic N) is 2. The normalized spacial score (nSPS) is 21.4. The fraction of sp³-hybridized carbons (Fsp3) is 0.607. The van der Waals surface area contributed by atoms with Crippen molar-refractivity contribution in [3.63, 3.8) is 0 Å². The molecule has 3 unspecified atom stereocenters. The van der Waals surface area contributed by atoms with Crippen molar-refractivity contribution in [1.29, 1.82) is 0 Å². The van der Waals surface area contributed by atoms with Gasteiger partial charge >= 0.3 is 0 Å². The molecule has 1 saturated carbocycles. The second-order valence-electron chi connectivity index (χ2n) is 10.0. The number of carbonyl (C=O) groups excluding carboxylic acids is 1. The van der Waals surface area contributed by atoms with Gasteiger partial charge in [0, 0.05) is 25.0 Å². The number of carbonyl (C=O) groups is 1. The Morgan fingerprint density at radius 3 is 2.48 bits per heavy atom. The highest BCUT2D eigenvalue weighted by atomic mass is 16.1. The molecule has 3 atom stereocenters. The van der Waals surface area contributed by atoms with E-state index in [4.69, 9.17) is 0 Å². The summed E-state index contributed by atoms with van der Waals surface area (Å²) in [4.78, 5) is 15.8. The first-order chi connectivity index (χ1) is 14.8. The average Bonchev–Trinajstić information content (AvgIpc) is 3.03. The molecule has 3 heteroatoms. The van der Waals surface area contributed by atoms with Gasteiger partial charge in [0.05, 0.1) is 0 Å². The molecule has 0 aromatic heterocycles. The quantitative estimate of drug-likeness (QED) is 0.287. The van der Waals surface area contributed by atoms with E-state index in [-0.39, 0.29) is 6.04 Å². The van der Waals surface area contributed by atoms with Crippen molar-refractivity contribution in [1.82, 2.24) is 9.80 Å². The van der Waals surface area contributed by atoms with Crippen molar-refractivity contribution in [2.45, 2.75) is 78.4 Å². The summed E-state index contributed by atoms with van der Waals surface area (Å²) in [6.45, 7) is 20.5. The SMILES string of the molecule is C=Cc1ccc(CC2CC(C)(C)CC2N(CC)CC)cc1CN(C)C(C=C)CCC=O. The van der Waals surface area contributed by atoms with Gasteiger partial charge in [-0.15, -0.1) is 6.58 Å². The van der Waals surface area contributed by atoms with Gasteiger partial charge in [0.25, 0.3) is 0 Å². The number of hydrogen-bond acceptors (Lipinski definition) is 3. The largest absolute Gasteiger partial charge is 0.303 e. The standard InChI is InChI=1S/C28H44N2O/c1-8-23-15-14-22(18-25(23)21-29(7)26(9-2)13-12-16-31)17-24-19-28(5,6)20-27(24)30(10-3)11-4/h8-9,14-16,18,24,26-27H,1-2,10-13,17,19-21H2,3-7H3. The Labute approximate surface area is 191 Å². The van der Waals surface area contributed by atoms with Crippen molar-refractivity contribution in [2.24, 2.45) is 11.3 Å². The molecule has 1 aromatic carbocycles. The minimum absolute atomic E-state index is 0.203. The van der Waals surface area contributed by atoms with Gasteiger partial charge in [0.1, 0.15) is 6.29 Å². The molecule has 3 nitrogen and oxygen atoms in total. The monoisotopic (exact) mass is 424 g/mol. The summed E-state index contributed by atoms with van der Waals surface area (Å²) in [6, 6.07) is 7.78. The van der Waals surface area contributed by atoms with Crippen LogP contribution in [0.15, 0.2) is 37.4 Å². The Balaban J connectivity index is 2.21. The van der Waals surface area contributed by atoms with Crippen LogP contribution in [0.2, 0.25) is 0 Å². The van der Waals surface area contributed by atoms with Gasteiger partial charge in [0.2, 0.25) is 0 Å². The maximum Gasteiger partial charge on any atom is 0.120 e. The van der Waals surface area contributed by atoms with E-state index in [0.29, 0.717) is 23.8 Å². The third-order valence-corrected chi connectivity index (χ3v) is 7.17. The van der Waals surface area contributed by atoms with E-state index in [1.165, 1.54) is 29.5 Å². The van der Waals surface area contributed by atoms with Gasteiger partial charge in [-0.05, 0) is 73.8 Å². The van der Waals surface area contributed by atoms with E-state index in [2.05, 4.69) is 75.9 Å². The van der Waals surface area contributed by atoms with E-state index in [9.17, 15) is 4.79 Å². The number of benzene rings is 1. The van der Waals surface area contributed by atoms with E-state index < -0.39 is 0 Å². The van der Waals surface area contributed by atoms with E-state index in [1.54, 1.807) is 0 Å². The van der Waals surface area contributed by atoms with E-state index in [0.717, 1.165) is 38.8 Å². The van der Waals surface area contributed by atoms with Crippen molar-refractivity contribution in [3.05, 3.63) is 54.1 Å². The summed E-state index contributed by atoms with van der Waals surface area (Å²) in [7, 11) is 2.12. The Kier molecular flexibility index (Phi) is 9.71. The van der Waals surface area contributed by atoms with E-state index in [1.807, 2.05) is 12.2 Å². The second-order valence-corrected chi connectivity index (χ2v) is 10.0. The van der Waals surface area contributed by atoms with Crippen LogP contribution in [0, 0.1) is 11.3 Å². The molecule has 172 valence electrons. The molecule has 0 spiro atoms. The topological polar surface area (TPSA) is 23.6 Å². The Bertz CT molecular complexity index is 735. The molecule has 1 aliphatic rings. The summed E-state index contributed by atoms with van der Waals surface area (Å²) in [5.41, 5.74) is 4.35. The maximum atomic E-state index is 10.8. The lowest BCUT2D eigenvalue weighted by molar-refractivity contribution is -0.108. The zero-order chi connectivity index (χ0) is 23.0. The molecule has 0 bridgehead atoms. The van der Waals surface area contributed by atoms with Crippen LogP contribution >= 0.6 is 0 Å². The van der Waals surface area contributed by atoms with Crippen molar-refractivity contribution < 1.29 is 4.79 Å². The first-order valence-corrected chi connectivity index (χ1v) is 12.0. The minimum atomic E-state index is 0.203. The molecule has 2 rings (SSSR count). The van der Waals surface area contributed by atoms with Gasteiger partial charge < -0.3 is 9.69 Å². The third kappa shape index (κ3) is 6.89. The van der Waals surface area contributed by atoms with Crippen LogP contribution in [-0.4, -0.2) is 48.3 Å². The van der Waals surface area contributed by atoms with Crippen molar-refractivity contribution >= 4 is 12.4 Å². The van der Waals surface area contributed by atoms with Gasteiger partial charge in [-0.1, -0.05) is 64.6 Å². The average molecular weight is 425 g/mol. The van der Waals surface area contributed by atoms with Crippen LogP contribution in [0.4, 0.5) is 0 Å². The summed E-state index contributed by atoms with van der Waals surface area (Å²) in [5.74, 6) is 0.698. The molecule has 1 aromatic rings. The lowest BCUT2D eigenvalue weighted by Gasteiger charge is -2.31. The molecule has 0 heterocycles. The number of likely N-dealkylation sites (N-methyl/N-ethyl adjacent to an activating group) is 1. The molecule has 0 saturated heterocycles. The van der Waals surface area contributed by atoms with Gasteiger partial charge in [0.15, 0.2) is 0 Å². The van der Waals surface area contributed by atoms with Gasteiger partial charge in [-0.2, -0.15) is 0 Å². The van der Waals surface area contributed by atoms with Crippen LogP contribution < -0.4 is 0 Å². The maximum absolute atomic E-state index is 10.8. The molecule has 0 aliphatic heterocycles. The predicted molar refractivity (Wildman–Crippen MR) is 134 cm³/mol. The molecular weight excluding hydrogens is 380 g/mol. The lowest BCUT2D eigenvalue weighted by Crippen LogP contribution is -2.38. The fourth-order valence-electron chi connectivity index (χ4n) is 5.56. The summed E-state index contributed by atoms with van der Waals surface area (Å²) in [6.07, 6.45) is 10.0. The summed E-state index contributed by atoms with van der Waals surface area (Å²) >= 11 is 0. The van der Waals surface area contributed by atoms with Crippen LogP contribution in [0.5, 0.6) is 0 Å². The minimum Gasteiger partial charge on any atom is -0.303 e. The molecule has 1 fully saturated rings. The summed E-state index contributed by atoms with van der Waals surface area (Å²) < 4.78 is 0. The highest BCUT2D eigenvalue weighted by Gasteiger charge is 2.41. The van der Waals surface area contributed by atoms with Crippen LogP contribution in [0.1, 0.15) is 70.1 Å². The Morgan fingerprint density at radius 1 is 1.19 bits per heavy atom. The first-order valence-electron chi connectivity index (χ1n) is 12.0. The Morgan fingerprint density at radius 2 is 1.90 bits per heavy atom. The predicted octanol–water partition coefficient (Wildman–Crippen LogP) is 5.98. The second kappa shape index (κ2) is 11.8. The Hall–Kier alpha value is -1.71. The molecule has 31 heavy (non-hydrogen) atoms. The number of rotatable bonds is 13. The van der Waals surface area contributed by atoms with Crippen molar-refractivity contribution in [3.8, 4) is 0 Å². The van der Waals surface area contributed by atoms with E-state index >= 15 is 0 Å². The zero-order valence-corrected chi connectivity index (χ0v) is 20.6. The molecule has 0 N–H and O–H groups in total. The smallest absolute Gasteiger partial charge is 0.120 e. The van der Waals surface area contributed by atoms with Crippen LogP contribution in [0.25, 0.3) is 6.08 Å². The molecular formula is C28H44N2O. The molecule has 1 aliphatic carbocycles. The number of hydrogen-bond donors (Lipinski definition) is 0. The lowest BCUT2D eigenvalue weighted by atomic mass is 9.88. The zero-order valence-electron chi connectivity index (χ0n) is 20.6. The highest BCUT2D eigenvalue weighted by Crippen LogP contribution is 2.44. The summed E-state index contributed by atoms with van der Waals surface area (Å²) in [5, 5.41) is 0. The van der Waals surface area contributed by atoms with Gasteiger partial charge in [-0.25, -0.2) is 0 Å².